The number of carbonyl (C=O) groups excluding carboxylic acids is 1. The number of benzene rings is 2. The van der Waals surface area contributed by atoms with Gasteiger partial charge in [-0.1, -0.05) is 48.2 Å². The van der Waals surface area contributed by atoms with Crippen molar-refractivity contribution >= 4 is 50.6 Å². The molecular formula is C27H27N3O3S2. The predicted molar refractivity (Wildman–Crippen MR) is 143 cm³/mol. The molecular weight excluding hydrogens is 478 g/mol. The highest BCUT2D eigenvalue weighted by atomic mass is 32.2. The number of aryl methyl sites for hydroxylation is 2. The molecule has 0 unspecified atom stereocenters. The maximum absolute atomic E-state index is 13.6. The zero-order valence-corrected chi connectivity index (χ0v) is 21.2. The van der Waals surface area contributed by atoms with Gasteiger partial charge in [0, 0.05) is 36.5 Å². The molecule has 2 heterocycles. The standard InChI is InChI=1S/C27H27N3O3S2/c1-33-17-9-16-29-26(32)24-21-14-8-15-22(21)35-25(24)28-27(29)34-18-23(31)30(19-10-4-2-5-11-19)20-12-6-3-7-13-20/h2-7,10-13H,8-9,14-18H2,1H3. The molecule has 0 saturated carbocycles. The van der Waals surface area contributed by atoms with Gasteiger partial charge in [0.1, 0.15) is 4.83 Å². The zero-order valence-electron chi connectivity index (χ0n) is 19.6. The Kier molecular flexibility index (Phi) is 7.32. The second-order valence-corrected chi connectivity index (χ2v) is 10.5. The Hall–Kier alpha value is -2.94. The number of rotatable bonds is 9. The highest BCUT2D eigenvalue weighted by Gasteiger charge is 2.24. The first kappa shape index (κ1) is 23.8. The van der Waals surface area contributed by atoms with E-state index in [0.717, 1.165) is 40.9 Å². The molecule has 1 aliphatic rings. The fourth-order valence-corrected chi connectivity index (χ4v) is 6.69. The third-order valence-corrected chi connectivity index (χ3v) is 8.27. The summed E-state index contributed by atoms with van der Waals surface area (Å²) in [5.41, 5.74) is 2.79. The molecule has 4 aromatic rings. The highest BCUT2D eigenvalue weighted by Crippen LogP contribution is 2.36. The third-order valence-electron chi connectivity index (χ3n) is 6.12. The van der Waals surface area contributed by atoms with E-state index in [2.05, 4.69) is 0 Å². The van der Waals surface area contributed by atoms with Gasteiger partial charge in [0.05, 0.1) is 11.1 Å². The van der Waals surface area contributed by atoms with Crippen LogP contribution < -0.4 is 10.5 Å². The van der Waals surface area contributed by atoms with Crippen LogP contribution in [0.25, 0.3) is 10.2 Å². The number of amides is 1. The summed E-state index contributed by atoms with van der Waals surface area (Å²) < 4.78 is 6.95. The normalized spacial score (nSPS) is 12.7. The van der Waals surface area contributed by atoms with Gasteiger partial charge >= 0.3 is 0 Å². The van der Waals surface area contributed by atoms with Gasteiger partial charge in [0.2, 0.25) is 5.91 Å². The van der Waals surface area contributed by atoms with Crippen LogP contribution in [-0.4, -0.2) is 34.9 Å². The van der Waals surface area contributed by atoms with Crippen molar-refractivity contribution in [2.75, 3.05) is 24.4 Å². The Bertz CT molecular complexity index is 1340. The molecule has 180 valence electrons. The highest BCUT2D eigenvalue weighted by molar-refractivity contribution is 7.99. The number of methoxy groups -OCH3 is 1. The molecule has 0 N–H and O–H groups in total. The summed E-state index contributed by atoms with van der Waals surface area (Å²) in [4.78, 5) is 35.8. The smallest absolute Gasteiger partial charge is 0.263 e. The Morgan fingerprint density at radius 2 is 1.77 bits per heavy atom. The van der Waals surface area contributed by atoms with Crippen LogP contribution in [-0.2, 0) is 28.9 Å². The van der Waals surface area contributed by atoms with E-state index in [4.69, 9.17) is 9.72 Å². The van der Waals surface area contributed by atoms with Gasteiger partial charge in [0.25, 0.3) is 5.56 Å². The monoisotopic (exact) mass is 505 g/mol. The lowest BCUT2D eigenvalue weighted by Gasteiger charge is -2.23. The average molecular weight is 506 g/mol. The Balaban J connectivity index is 1.46. The predicted octanol–water partition coefficient (Wildman–Crippen LogP) is 5.44. The van der Waals surface area contributed by atoms with Gasteiger partial charge in [-0.2, -0.15) is 0 Å². The molecule has 0 fully saturated rings. The molecule has 5 rings (SSSR count). The number of thioether (sulfide) groups is 1. The van der Waals surface area contributed by atoms with Gasteiger partial charge in [-0.15, -0.1) is 11.3 Å². The topological polar surface area (TPSA) is 64.4 Å². The first-order chi connectivity index (χ1) is 17.2. The van der Waals surface area contributed by atoms with E-state index >= 15 is 0 Å². The van der Waals surface area contributed by atoms with Gasteiger partial charge in [-0.25, -0.2) is 4.98 Å². The number of hydrogen-bond donors (Lipinski definition) is 0. The molecule has 2 aromatic heterocycles. The van der Waals surface area contributed by atoms with Crippen LogP contribution in [0.3, 0.4) is 0 Å². The third kappa shape index (κ3) is 4.91. The van der Waals surface area contributed by atoms with E-state index in [1.165, 1.54) is 22.2 Å². The summed E-state index contributed by atoms with van der Waals surface area (Å²) in [6, 6.07) is 19.2. The van der Waals surface area contributed by atoms with E-state index in [1.54, 1.807) is 27.9 Å². The van der Waals surface area contributed by atoms with Crippen LogP contribution in [0.1, 0.15) is 23.3 Å². The summed E-state index contributed by atoms with van der Waals surface area (Å²) >= 11 is 2.96. The number of fused-ring (bicyclic) bond motifs is 3. The van der Waals surface area contributed by atoms with Crippen LogP contribution in [0.5, 0.6) is 0 Å². The van der Waals surface area contributed by atoms with Crippen LogP contribution in [0.2, 0.25) is 0 Å². The largest absolute Gasteiger partial charge is 0.385 e. The molecule has 8 heteroatoms. The number of carbonyl (C=O) groups is 1. The lowest BCUT2D eigenvalue weighted by atomic mass is 10.2. The molecule has 0 atom stereocenters. The van der Waals surface area contributed by atoms with Crippen molar-refractivity contribution in [1.29, 1.82) is 0 Å². The number of para-hydroxylation sites is 2. The van der Waals surface area contributed by atoms with Crippen molar-refractivity contribution in [3.8, 4) is 0 Å². The molecule has 0 saturated heterocycles. The summed E-state index contributed by atoms with van der Waals surface area (Å²) in [6.45, 7) is 1.07. The molecule has 0 bridgehead atoms. The van der Waals surface area contributed by atoms with Crippen molar-refractivity contribution in [3.05, 3.63) is 81.5 Å². The van der Waals surface area contributed by atoms with Crippen LogP contribution in [0.4, 0.5) is 11.4 Å². The minimum Gasteiger partial charge on any atom is -0.385 e. The minimum absolute atomic E-state index is 0.00317. The van der Waals surface area contributed by atoms with E-state index < -0.39 is 0 Å². The maximum atomic E-state index is 13.6. The number of thiophene rings is 1. The van der Waals surface area contributed by atoms with Gasteiger partial charge in [-0.3, -0.25) is 19.1 Å². The van der Waals surface area contributed by atoms with Crippen LogP contribution in [0.15, 0.2) is 70.6 Å². The van der Waals surface area contributed by atoms with E-state index in [9.17, 15) is 9.59 Å². The summed E-state index contributed by atoms with van der Waals surface area (Å²) in [5, 5.41) is 1.36. The lowest BCUT2D eigenvalue weighted by Crippen LogP contribution is -2.29. The van der Waals surface area contributed by atoms with Crippen molar-refractivity contribution in [2.24, 2.45) is 0 Å². The van der Waals surface area contributed by atoms with Crippen molar-refractivity contribution in [1.82, 2.24) is 9.55 Å². The van der Waals surface area contributed by atoms with Crippen LogP contribution in [0, 0.1) is 0 Å². The van der Waals surface area contributed by atoms with E-state index in [1.807, 2.05) is 60.7 Å². The van der Waals surface area contributed by atoms with Gasteiger partial charge < -0.3 is 4.74 Å². The number of hydrogen-bond acceptors (Lipinski definition) is 6. The number of nitrogens with zero attached hydrogens (tertiary/aromatic N) is 3. The number of ether oxygens (including phenoxy) is 1. The zero-order chi connectivity index (χ0) is 24.2. The first-order valence-electron chi connectivity index (χ1n) is 11.8. The van der Waals surface area contributed by atoms with Crippen molar-refractivity contribution < 1.29 is 9.53 Å². The fourth-order valence-electron chi connectivity index (χ4n) is 4.51. The molecule has 1 aliphatic carbocycles. The van der Waals surface area contributed by atoms with Gasteiger partial charge in [0.15, 0.2) is 5.16 Å². The Morgan fingerprint density at radius 3 is 2.43 bits per heavy atom. The summed E-state index contributed by atoms with van der Waals surface area (Å²) in [7, 11) is 1.66. The Labute approximate surface area is 212 Å². The molecule has 0 spiro atoms. The fraction of sp³-hybridized carbons (Fsp3) is 0.296. The SMILES string of the molecule is COCCCn1c(SCC(=O)N(c2ccccc2)c2ccccc2)nc2sc3c(c2c1=O)CCC3. The second kappa shape index (κ2) is 10.8. The number of anilines is 2. The molecule has 2 aromatic carbocycles. The van der Waals surface area contributed by atoms with Gasteiger partial charge in [-0.05, 0) is 55.5 Å². The number of aromatic nitrogens is 2. The average Bonchev–Trinajstić information content (AvgIpc) is 3.47. The summed E-state index contributed by atoms with van der Waals surface area (Å²) in [6.07, 6.45) is 3.76. The summed E-state index contributed by atoms with van der Waals surface area (Å²) in [5.74, 6) is 0.0933. The molecule has 0 radical (unpaired) electrons. The maximum Gasteiger partial charge on any atom is 0.263 e. The minimum atomic E-state index is -0.0705. The van der Waals surface area contributed by atoms with E-state index in [0.29, 0.717) is 24.7 Å². The van der Waals surface area contributed by atoms with E-state index in [-0.39, 0.29) is 17.2 Å². The van der Waals surface area contributed by atoms with Crippen molar-refractivity contribution in [3.63, 3.8) is 0 Å². The second-order valence-electron chi connectivity index (χ2n) is 8.42. The van der Waals surface area contributed by atoms with Crippen LogP contribution >= 0.6 is 23.1 Å². The molecule has 35 heavy (non-hydrogen) atoms. The molecule has 0 aliphatic heterocycles. The van der Waals surface area contributed by atoms with Crippen molar-refractivity contribution in [2.45, 2.75) is 37.4 Å². The quantitative estimate of drug-likeness (QED) is 0.172. The molecule has 6 nitrogen and oxygen atoms in total. The first-order valence-corrected chi connectivity index (χ1v) is 13.6. The lowest BCUT2D eigenvalue weighted by molar-refractivity contribution is -0.115. The Morgan fingerprint density at radius 1 is 1.09 bits per heavy atom. The molecule has 1 amide bonds.